The Hall–Kier alpha value is -3.34. The summed E-state index contributed by atoms with van der Waals surface area (Å²) in [6.45, 7) is 0.339. The molecule has 1 rings (SSSR count). The summed E-state index contributed by atoms with van der Waals surface area (Å²) >= 11 is 0. The van der Waals surface area contributed by atoms with Gasteiger partial charge in [-0.1, -0.05) is 12.5 Å². The summed E-state index contributed by atoms with van der Waals surface area (Å²) in [5, 5.41) is 31.8. The minimum atomic E-state index is -1.08. The third kappa shape index (κ3) is 7.65. The molecular formula is C17H19N3O5. The third-order valence-electron chi connectivity index (χ3n) is 3.21. The molecule has 0 aliphatic carbocycles. The molecule has 0 bridgehead atoms. The predicted molar refractivity (Wildman–Crippen MR) is 89.8 cm³/mol. The van der Waals surface area contributed by atoms with E-state index >= 15 is 0 Å². The van der Waals surface area contributed by atoms with Crippen molar-refractivity contribution in [2.75, 3.05) is 11.9 Å². The van der Waals surface area contributed by atoms with Crippen LogP contribution in [0, 0.1) is 11.3 Å². The van der Waals surface area contributed by atoms with E-state index in [2.05, 4.69) is 10.6 Å². The van der Waals surface area contributed by atoms with Crippen LogP contribution in [0.1, 0.15) is 36.0 Å². The molecule has 1 aromatic rings. The first kappa shape index (κ1) is 19.7. The van der Waals surface area contributed by atoms with Gasteiger partial charge in [-0.2, -0.15) is 5.26 Å². The van der Waals surface area contributed by atoms with Crippen molar-refractivity contribution in [2.24, 2.45) is 0 Å². The van der Waals surface area contributed by atoms with Gasteiger partial charge in [-0.25, -0.2) is 4.79 Å². The summed E-state index contributed by atoms with van der Waals surface area (Å²) in [7, 11) is 0. The number of carbonyl (C=O) groups excluding carboxylic acids is 1. The van der Waals surface area contributed by atoms with E-state index in [9.17, 15) is 14.4 Å². The number of hydrogen-bond acceptors (Lipinski definition) is 5. The normalized spacial score (nSPS) is 10.6. The monoisotopic (exact) mass is 345 g/mol. The van der Waals surface area contributed by atoms with E-state index in [1.165, 1.54) is 18.3 Å². The molecule has 8 heteroatoms. The minimum Gasteiger partial charge on any atom is -0.481 e. The fourth-order valence-electron chi connectivity index (χ4n) is 1.92. The van der Waals surface area contributed by atoms with Crippen LogP contribution in [0.5, 0.6) is 0 Å². The maximum atomic E-state index is 11.9. The molecule has 132 valence electrons. The van der Waals surface area contributed by atoms with Crippen LogP contribution in [-0.4, -0.2) is 34.6 Å². The van der Waals surface area contributed by atoms with Gasteiger partial charge in [0.15, 0.2) is 0 Å². The number of carboxylic acid groups (broad SMARTS) is 2. The van der Waals surface area contributed by atoms with Gasteiger partial charge in [0.05, 0.1) is 5.56 Å². The summed E-state index contributed by atoms with van der Waals surface area (Å²) in [5.41, 5.74) is 0.378. The fraction of sp³-hybridized carbons (Fsp3) is 0.294. The van der Waals surface area contributed by atoms with Crippen LogP contribution in [0.2, 0.25) is 0 Å². The molecule has 0 saturated heterocycles. The van der Waals surface area contributed by atoms with E-state index in [1.807, 2.05) is 0 Å². The predicted octanol–water partition coefficient (Wildman–Crippen LogP) is 1.97. The topological polar surface area (TPSA) is 140 Å². The molecule has 8 nitrogen and oxygen atoms in total. The number of nitrogens with one attached hydrogen (secondary N) is 2. The molecule has 0 unspecified atom stereocenters. The van der Waals surface area contributed by atoms with Crippen molar-refractivity contribution in [3.63, 3.8) is 0 Å². The Morgan fingerprint density at radius 1 is 1.16 bits per heavy atom. The Labute approximate surface area is 144 Å². The zero-order chi connectivity index (χ0) is 18.7. The van der Waals surface area contributed by atoms with E-state index in [1.54, 1.807) is 18.2 Å². The van der Waals surface area contributed by atoms with Crippen LogP contribution in [0.15, 0.2) is 36.0 Å². The molecule has 0 aromatic heterocycles. The number of benzene rings is 1. The molecular weight excluding hydrogens is 326 g/mol. The molecule has 1 amide bonds. The van der Waals surface area contributed by atoms with Gasteiger partial charge in [0.2, 0.25) is 0 Å². The van der Waals surface area contributed by atoms with Gasteiger partial charge in [-0.3, -0.25) is 9.59 Å². The van der Waals surface area contributed by atoms with E-state index < -0.39 is 17.8 Å². The number of hydrogen-bond donors (Lipinski definition) is 4. The second-order valence-electron chi connectivity index (χ2n) is 5.16. The summed E-state index contributed by atoms with van der Waals surface area (Å²) in [6, 6.07) is 7.74. The van der Waals surface area contributed by atoms with Gasteiger partial charge in [0.25, 0.3) is 5.91 Å². The summed E-state index contributed by atoms with van der Waals surface area (Å²) in [5.74, 6) is -2.48. The Morgan fingerprint density at radius 2 is 1.92 bits per heavy atom. The van der Waals surface area contributed by atoms with Gasteiger partial charge >= 0.3 is 11.9 Å². The maximum absolute atomic E-state index is 11.9. The standard InChI is InChI=1S/C17H19N3O5/c18-10-13(16(23)19-8-3-1-2-7-15(21)22)11-20-14-6-4-5-12(9-14)17(24)25/h4-6,9,11,20H,1-3,7-8H2,(H,19,23)(H,21,22)(H,24,25)/b13-11-. The van der Waals surface area contributed by atoms with Crippen molar-refractivity contribution >= 4 is 23.5 Å². The van der Waals surface area contributed by atoms with Crippen LogP contribution in [-0.2, 0) is 9.59 Å². The fourth-order valence-corrected chi connectivity index (χ4v) is 1.92. The molecule has 0 spiro atoms. The largest absolute Gasteiger partial charge is 0.481 e. The highest BCUT2D eigenvalue weighted by Crippen LogP contribution is 2.11. The maximum Gasteiger partial charge on any atom is 0.335 e. The van der Waals surface area contributed by atoms with Gasteiger partial charge in [0, 0.05) is 24.9 Å². The number of unbranched alkanes of at least 4 members (excludes halogenated alkanes) is 2. The van der Waals surface area contributed by atoms with E-state index in [0.717, 1.165) is 0 Å². The summed E-state index contributed by atoms with van der Waals surface area (Å²) in [6.07, 6.45) is 3.12. The second-order valence-corrected chi connectivity index (χ2v) is 5.16. The first-order valence-corrected chi connectivity index (χ1v) is 7.64. The average Bonchev–Trinajstić information content (AvgIpc) is 2.58. The lowest BCUT2D eigenvalue weighted by atomic mass is 10.2. The molecule has 0 fully saturated rings. The highest BCUT2D eigenvalue weighted by molar-refractivity contribution is 5.97. The summed E-state index contributed by atoms with van der Waals surface area (Å²) < 4.78 is 0. The lowest BCUT2D eigenvalue weighted by Gasteiger charge is -2.05. The molecule has 0 aliphatic rings. The van der Waals surface area contributed by atoms with Crippen molar-refractivity contribution in [2.45, 2.75) is 25.7 Å². The minimum absolute atomic E-state index is 0.0859. The van der Waals surface area contributed by atoms with Crippen molar-refractivity contribution in [3.8, 4) is 6.07 Å². The van der Waals surface area contributed by atoms with Crippen LogP contribution in [0.4, 0.5) is 5.69 Å². The number of carboxylic acids is 2. The number of aromatic carboxylic acids is 1. The highest BCUT2D eigenvalue weighted by atomic mass is 16.4. The van der Waals surface area contributed by atoms with Crippen molar-refractivity contribution in [3.05, 3.63) is 41.6 Å². The van der Waals surface area contributed by atoms with Gasteiger partial charge in [0.1, 0.15) is 11.6 Å². The van der Waals surface area contributed by atoms with Crippen LogP contribution < -0.4 is 10.6 Å². The molecule has 25 heavy (non-hydrogen) atoms. The van der Waals surface area contributed by atoms with Gasteiger partial charge < -0.3 is 20.8 Å². The van der Waals surface area contributed by atoms with Crippen molar-refractivity contribution in [1.29, 1.82) is 5.26 Å². The number of aliphatic carboxylic acids is 1. The van der Waals surface area contributed by atoms with Gasteiger partial charge in [-0.15, -0.1) is 0 Å². The zero-order valence-electron chi connectivity index (χ0n) is 13.5. The molecule has 1 aromatic carbocycles. The second kappa shape index (κ2) is 10.4. The molecule has 0 atom stereocenters. The van der Waals surface area contributed by atoms with Crippen LogP contribution in [0.3, 0.4) is 0 Å². The Morgan fingerprint density at radius 3 is 2.56 bits per heavy atom. The first-order valence-electron chi connectivity index (χ1n) is 7.64. The smallest absolute Gasteiger partial charge is 0.335 e. The molecule has 4 N–H and O–H groups in total. The molecule has 0 radical (unpaired) electrons. The third-order valence-corrected chi connectivity index (χ3v) is 3.21. The number of anilines is 1. The first-order chi connectivity index (χ1) is 11.9. The lowest BCUT2D eigenvalue weighted by molar-refractivity contribution is -0.137. The molecule has 0 saturated carbocycles. The Balaban J connectivity index is 2.49. The number of amides is 1. The van der Waals surface area contributed by atoms with E-state index in [-0.39, 0.29) is 17.6 Å². The van der Waals surface area contributed by atoms with E-state index in [0.29, 0.717) is 31.5 Å². The number of nitrogens with zero attached hydrogens (tertiary/aromatic N) is 1. The van der Waals surface area contributed by atoms with Crippen molar-refractivity contribution < 1.29 is 24.6 Å². The average molecular weight is 345 g/mol. The van der Waals surface area contributed by atoms with Crippen molar-refractivity contribution in [1.82, 2.24) is 5.32 Å². The number of nitriles is 1. The van der Waals surface area contributed by atoms with Crippen LogP contribution in [0.25, 0.3) is 0 Å². The quantitative estimate of drug-likeness (QED) is 0.289. The summed E-state index contributed by atoms with van der Waals surface area (Å²) in [4.78, 5) is 33.1. The zero-order valence-corrected chi connectivity index (χ0v) is 13.5. The number of rotatable bonds is 10. The molecule has 0 aliphatic heterocycles. The van der Waals surface area contributed by atoms with Gasteiger partial charge in [-0.05, 0) is 31.0 Å². The Kier molecular flexibility index (Phi) is 8.23. The lowest BCUT2D eigenvalue weighted by Crippen LogP contribution is -2.26. The van der Waals surface area contributed by atoms with E-state index in [4.69, 9.17) is 15.5 Å². The van der Waals surface area contributed by atoms with Crippen LogP contribution >= 0.6 is 0 Å². The number of carbonyl (C=O) groups is 3. The highest BCUT2D eigenvalue weighted by Gasteiger charge is 2.08. The SMILES string of the molecule is N#C/C(=C/Nc1cccc(C(=O)O)c1)C(=O)NCCCCCC(=O)O. The molecule has 0 heterocycles. The Bertz CT molecular complexity index is 706.